The van der Waals surface area contributed by atoms with Gasteiger partial charge >= 0.3 is 5.97 Å². The molecule has 0 aromatic heterocycles. The van der Waals surface area contributed by atoms with Gasteiger partial charge in [0, 0.05) is 0 Å². The van der Waals surface area contributed by atoms with Gasteiger partial charge in [0.1, 0.15) is 0 Å². The number of nitrogens with zero attached hydrogens (tertiary/aromatic N) is 2. The lowest BCUT2D eigenvalue weighted by Crippen LogP contribution is -2.26. The first kappa shape index (κ1) is 12.8. The highest BCUT2D eigenvalue weighted by Gasteiger charge is 2.06. The number of hydrogen-bond donors (Lipinski definition) is 4. The number of rotatable bonds is 2. The minimum atomic E-state index is -1.08. The molecule has 0 aliphatic heterocycles. The fourth-order valence-electron chi connectivity index (χ4n) is 1.01. The predicted molar refractivity (Wildman–Crippen MR) is 65.5 cm³/mol. The maximum atomic E-state index is 10.7. The summed E-state index contributed by atoms with van der Waals surface area (Å²) in [4.78, 5) is 18.0. The van der Waals surface area contributed by atoms with Crippen LogP contribution >= 0.6 is 11.6 Å². The molecule has 17 heavy (non-hydrogen) atoms. The van der Waals surface area contributed by atoms with Crippen molar-refractivity contribution in [3.05, 3.63) is 28.8 Å². The number of aliphatic imine (C=N–C) groups is 2. The Morgan fingerprint density at radius 1 is 1.29 bits per heavy atom. The third-order valence-corrected chi connectivity index (χ3v) is 1.98. The van der Waals surface area contributed by atoms with Gasteiger partial charge in [-0.2, -0.15) is 4.99 Å². The van der Waals surface area contributed by atoms with Gasteiger partial charge in [-0.1, -0.05) is 11.6 Å². The van der Waals surface area contributed by atoms with E-state index < -0.39 is 5.97 Å². The summed E-state index contributed by atoms with van der Waals surface area (Å²) in [6.45, 7) is 0. The van der Waals surface area contributed by atoms with Gasteiger partial charge in [0.05, 0.1) is 16.3 Å². The zero-order valence-electron chi connectivity index (χ0n) is 8.59. The van der Waals surface area contributed by atoms with E-state index in [4.69, 9.17) is 33.9 Å². The standard InChI is InChI=1S/C9H10ClN5O2/c10-5-3-4(7(16)17)1-2-6(5)14-9(13)15-8(11)12/h1-3H,(H,16,17)(H6,11,12,13,14,15). The van der Waals surface area contributed by atoms with E-state index in [0.717, 1.165) is 0 Å². The molecule has 8 heteroatoms. The van der Waals surface area contributed by atoms with Crippen LogP contribution in [0.3, 0.4) is 0 Å². The van der Waals surface area contributed by atoms with Crippen molar-refractivity contribution in [1.29, 1.82) is 0 Å². The molecule has 0 saturated carbocycles. The Balaban J connectivity index is 3.09. The largest absolute Gasteiger partial charge is 0.478 e. The van der Waals surface area contributed by atoms with Crippen LogP contribution in [0.25, 0.3) is 0 Å². The van der Waals surface area contributed by atoms with E-state index >= 15 is 0 Å². The summed E-state index contributed by atoms with van der Waals surface area (Å²) in [5.74, 6) is -1.49. The fourth-order valence-corrected chi connectivity index (χ4v) is 1.23. The maximum Gasteiger partial charge on any atom is 0.335 e. The topological polar surface area (TPSA) is 140 Å². The molecule has 0 amide bonds. The summed E-state index contributed by atoms with van der Waals surface area (Å²) in [5.41, 5.74) is 15.9. The number of benzene rings is 1. The van der Waals surface area contributed by atoms with Crippen LogP contribution in [-0.2, 0) is 0 Å². The molecule has 0 heterocycles. The van der Waals surface area contributed by atoms with Crippen molar-refractivity contribution in [1.82, 2.24) is 0 Å². The van der Waals surface area contributed by atoms with Gasteiger partial charge < -0.3 is 22.3 Å². The van der Waals surface area contributed by atoms with Gasteiger partial charge in [0.25, 0.3) is 0 Å². The van der Waals surface area contributed by atoms with E-state index in [1.807, 2.05) is 0 Å². The summed E-state index contributed by atoms with van der Waals surface area (Å²) in [7, 11) is 0. The highest BCUT2D eigenvalue weighted by Crippen LogP contribution is 2.25. The highest BCUT2D eigenvalue weighted by atomic mass is 35.5. The summed E-state index contributed by atoms with van der Waals surface area (Å²) in [5, 5.41) is 8.86. The van der Waals surface area contributed by atoms with Crippen molar-refractivity contribution < 1.29 is 9.90 Å². The monoisotopic (exact) mass is 255 g/mol. The number of carboxylic acids is 1. The Hall–Kier alpha value is -2.28. The zero-order valence-corrected chi connectivity index (χ0v) is 9.35. The van der Waals surface area contributed by atoms with E-state index in [0.29, 0.717) is 0 Å². The van der Waals surface area contributed by atoms with Gasteiger partial charge in [0.2, 0.25) is 5.96 Å². The van der Waals surface area contributed by atoms with Crippen LogP contribution in [0.5, 0.6) is 0 Å². The second-order valence-corrected chi connectivity index (χ2v) is 3.39. The first-order valence-corrected chi connectivity index (χ1v) is 4.74. The maximum absolute atomic E-state index is 10.7. The van der Waals surface area contributed by atoms with Gasteiger partial charge in [-0.25, -0.2) is 9.79 Å². The van der Waals surface area contributed by atoms with Crippen LogP contribution in [-0.4, -0.2) is 23.0 Å². The molecule has 0 spiro atoms. The Morgan fingerprint density at radius 3 is 2.41 bits per heavy atom. The molecule has 0 bridgehead atoms. The second-order valence-electron chi connectivity index (χ2n) is 2.98. The van der Waals surface area contributed by atoms with Crippen molar-refractivity contribution in [3.63, 3.8) is 0 Å². The van der Waals surface area contributed by atoms with Gasteiger partial charge in [0.15, 0.2) is 5.96 Å². The Bertz CT molecular complexity index is 508. The number of halogens is 1. The van der Waals surface area contributed by atoms with Crippen LogP contribution in [0.4, 0.5) is 5.69 Å². The SMILES string of the molecule is NC(N)=NC(N)=Nc1ccc(C(=O)O)cc1Cl. The van der Waals surface area contributed by atoms with Gasteiger partial charge in [-0.05, 0) is 18.2 Å². The van der Waals surface area contributed by atoms with Crippen molar-refractivity contribution in [2.75, 3.05) is 0 Å². The quantitative estimate of drug-likeness (QED) is 0.443. The normalized spacial score (nSPS) is 11.0. The minimum Gasteiger partial charge on any atom is -0.478 e. The Morgan fingerprint density at radius 2 is 1.94 bits per heavy atom. The van der Waals surface area contributed by atoms with E-state index in [1.54, 1.807) is 0 Å². The molecule has 0 aliphatic carbocycles. The van der Waals surface area contributed by atoms with Crippen molar-refractivity contribution in [3.8, 4) is 0 Å². The summed E-state index contributed by atoms with van der Waals surface area (Å²) in [6, 6.07) is 4.00. The number of carboxylic acid groups (broad SMARTS) is 1. The summed E-state index contributed by atoms with van der Waals surface area (Å²) in [6.07, 6.45) is 0. The van der Waals surface area contributed by atoms with Crippen LogP contribution in [0.2, 0.25) is 5.02 Å². The number of guanidine groups is 2. The van der Waals surface area contributed by atoms with E-state index in [-0.39, 0.29) is 28.2 Å². The van der Waals surface area contributed by atoms with Crippen LogP contribution in [0.1, 0.15) is 10.4 Å². The third-order valence-electron chi connectivity index (χ3n) is 1.67. The van der Waals surface area contributed by atoms with Crippen molar-refractivity contribution in [2.45, 2.75) is 0 Å². The third kappa shape index (κ3) is 3.65. The first-order valence-electron chi connectivity index (χ1n) is 4.37. The van der Waals surface area contributed by atoms with E-state index in [1.165, 1.54) is 18.2 Å². The smallest absolute Gasteiger partial charge is 0.335 e. The molecule has 90 valence electrons. The highest BCUT2D eigenvalue weighted by molar-refractivity contribution is 6.33. The average molecular weight is 256 g/mol. The molecule has 1 aromatic rings. The molecular formula is C9H10ClN5O2. The zero-order chi connectivity index (χ0) is 13.0. The average Bonchev–Trinajstić information content (AvgIpc) is 2.19. The van der Waals surface area contributed by atoms with Crippen molar-refractivity contribution in [2.24, 2.45) is 27.2 Å². The molecule has 0 aliphatic rings. The van der Waals surface area contributed by atoms with Crippen molar-refractivity contribution >= 4 is 35.2 Å². The van der Waals surface area contributed by atoms with Gasteiger partial charge in [-0.3, -0.25) is 0 Å². The molecule has 0 radical (unpaired) electrons. The number of hydrogen-bond acceptors (Lipinski definition) is 2. The Labute approximate surface area is 102 Å². The van der Waals surface area contributed by atoms with Crippen LogP contribution in [0.15, 0.2) is 28.2 Å². The molecule has 7 nitrogen and oxygen atoms in total. The predicted octanol–water partition coefficient (Wildman–Crippen LogP) is 0.258. The lowest BCUT2D eigenvalue weighted by Gasteiger charge is -2.00. The molecule has 7 N–H and O–H groups in total. The molecular weight excluding hydrogens is 246 g/mol. The van der Waals surface area contributed by atoms with E-state index in [2.05, 4.69) is 9.98 Å². The molecule has 1 aromatic carbocycles. The first-order chi connectivity index (χ1) is 7.90. The number of nitrogens with two attached hydrogens (primary N) is 3. The fraction of sp³-hybridized carbons (Fsp3) is 0. The van der Waals surface area contributed by atoms with Gasteiger partial charge in [-0.15, -0.1) is 0 Å². The number of aromatic carboxylic acids is 1. The van der Waals surface area contributed by atoms with E-state index in [9.17, 15) is 4.79 Å². The molecule has 0 saturated heterocycles. The molecule has 1 rings (SSSR count). The van der Waals surface area contributed by atoms with Crippen LogP contribution in [0, 0.1) is 0 Å². The molecule has 0 unspecified atom stereocenters. The molecule has 0 fully saturated rings. The van der Waals surface area contributed by atoms with Crippen LogP contribution < -0.4 is 17.2 Å². The summed E-state index contributed by atoms with van der Waals surface area (Å²) >= 11 is 5.82. The second kappa shape index (κ2) is 5.17. The number of carbonyl (C=O) groups is 1. The summed E-state index contributed by atoms with van der Waals surface area (Å²) < 4.78 is 0. The lowest BCUT2D eigenvalue weighted by molar-refractivity contribution is 0.0697. The Kier molecular flexibility index (Phi) is 3.89. The lowest BCUT2D eigenvalue weighted by atomic mass is 10.2. The minimum absolute atomic E-state index is 0.0503. The molecule has 0 atom stereocenters.